The van der Waals surface area contributed by atoms with Crippen LogP contribution < -0.4 is 4.90 Å². The van der Waals surface area contributed by atoms with E-state index in [4.69, 9.17) is 4.42 Å². The van der Waals surface area contributed by atoms with Crippen molar-refractivity contribution in [2.75, 3.05) is 31.1 Å². The fourth-order valence-electron chi connectivity index (χ4n) is 5.05. The fourth-order valence-corrected chi connectivity index (χ4v) is 5.05. The number of rotatable bonds is 6. The third-order valence-corrected chi connectivity index (χ3v) is 7.08. The van der Waals surface area contributed by atoms with E-state index in [1.165, 1.54) is 22.4 Å². The number of fused-ring (bicyclic) bond motifs is 1. The molecule has 0 N–H and O–H groups in total. The van der Waals surface area contributed by atoms with Crippen LogP contribution in [0.15, 0.2) is 108 Å². The molecule has 178 valence electrons. The Hall–Kier alpha value is -4.15. The van der Waals surface area contributed by atoms with Crippen LogP contribution in [0.5, 0.6) is 0 Å². The molecule has 4 heteroatoms. The standard InChI is InChI=1S/C32H28N2O2/c35-23-24-9-15-29(16-10-24)34-19-17-33(18-20-34)22-28-6-1-3-7-30(28)25-11-13-26(14-12-25)32-21-27-5-2-4-8-31(27)36-32/h1-16,21,23H,17-20,22H2. The Labute approximate surface area is 211 Å². The van der Waals surface area contributed by atoms with Crippen molar-refractivity contribution in [2.45, 2.75) is 6.54 Å². The zero-order valence-electron chi connectivity index (χ0n) is 20.1. The largest absolute Gasteiger partial charge is 0.456 e. The third kappa shape index (κ3) is 4.56. The quantitative estimate of drug-likeness (QED) is 0.252. The number of aldehydes is 1. The van der Waals surface area contributed by atoms with E-state index in [0.717, 1.165) is 66.9 Å². The van der Waals surface area contributed by atoms with E-state index in [9.17, 15) is 4.79 Å². The predicted octanol–water partition coefficient (Wildman–Crippen LogP) is 6.90. The Bertz CT molecular complexity index is 1440. The number of para-hydroxylation sites is 1. The Morgan fingerprint density at radius 3 is 2.17 bits per heavy atom. The minimum atomic E-state index is 0.722. The molecule has 4 aromatic carbocycles. The van der Waals surface area contributed by atoms with Crippen LogP contribution in [0.25, 0.3) is 33.4 Å². The molecule has 0 radical (unpaired) electrons. The molecule has 0 spiro atoms. The number of nitrogens with zero attached hydrogens (tertiary/aromatic N) is 2. The summed E-state index contributed by atoms with van der Waals surface area (Å²) in [5.41, 5.74) is 7.76. The molecule has 1 aliphatic heterocycles. The summed E-state index contributed by atoms with van der Waals surface area (Å²) in [7, 11) is 0. The molecule has 4 nitrogen and oxygen atoms in total. The first-order chi connectivity index (χ1) is 17.8. The Morgan fingerprint density at radius 1 is 0.722 bits per heavy atom. The van der Waals surface area contributed by atoms with Gasteiger partial charge in [-0.2, -0.15) is 0 Å². The molecule has 0 atom stereocenters. The average molecular weight is 473 g/mol. The molecule has 2 heterocycles. The maximum absolute atomic E-state index is 10.9. The number of hydrogen-bond donors (Lipinski definition) is 0. The first-order valence-electron chi connectivity index (χ1n) is 12.5. The van der Waals surface area contributed by atoms with Gasteiger partial charge in [-0.25, -0.2) is 0 Å². The van der Waals surface area contributed by atoms with Crippen LogP contribution in [0.1, 0.15) is 15.9 Å². The predicted molar refractivity (Wildman–Crippen MR) is 146 cm³/mol. The second-order valence-corrected chi connectivity index (χ2v) is 9.36. The highest BCUT2D eigenvalue weighted by atomic mass is 16.3. The van der Waals surface area contributed by atoms with Crippen LogP contribution in [-0.2, 0) is 6.54 Å². The maximum atomic E-state index is 10.9. The minimum Gasteiger partial charge on any atom is -0.456 e. The van der Waals surface area contributed by atoms with Crippen LogP contribution in [0.4, 0.5) is 5.69 Å². The zero-order chi connectivity index (χ0) is 24.3. The van der Waals surface area contributed by atoms with E-state index in [1.807, 2.05) is 42.5 Å². The van der Waals surface area contributed by atoms with E-state index in [1.54, 1.807) is 0 Å². The molecule has 36 heavy (non-hydrogen) atoms. The van der Waals surface area contributed by atoms with Gasteiger partial charge in [0.05, 0.1) is 0 Å². The fraction of sp³-hybridized carbons (Fsp3) is 0.156. The number of furan rings is 1. The molecule has 0 unspecified atom stereocenters. The van der Waals surface area contributed by atoms with Crippen molar-refractivity contribution in [3.05, 3.63) is 114 Å². The lowest BCUT2D eigenvalue weighted by Gasteiger charge is -2.36. The second-order valence-electron chi connectivity index (χ2n) is 9.36. The molecule has 1 fully saturated rings. The minimum absolute atomic E-state index is 0.722. The highest BCUT2D eigenvalue weighted by molar-refractivity contribution is 5.83. The summed E-state index contributed by atoms with van der Waals surface area (Å²) >= 11 is 0. The second kappa shape index (κ2) is 9.84. The van der Waals surface area contributed by atoms with Crippen molar-refractivity contribution < 1.29 is 9.21 Å². The smallest absolute Gasteiger partial charge is 0.150 e. The number of carbonyl (C=O) groups excluding carboxylic acids is 1. The SMILES string of the molecule is O=Cc1ccc(N2CCN(Cc3ccccc3-c3ccc(-c4cc5ccccc5o4)cc3)CC2)cc1. The summed E-state index contributed by atoms with van der Waals surface area (Å²) in [6.07, 6.45) is 0.894. The van der Waals surface area contributed by atoms with Gasteiger partial charge in [0, 0.05) is 54.9 Å². The summed E-state index contributed by atoms with van der Waals surface area (Å²) in [5.74, 6) is 0.898. The average Bonchev–Trinajstić information content (AvgIpc) is 3.39. The van der Waals surface area contributed by atoms with Gasteiger partial charge in [-0.3, -0.25) is 9.69 Å². The molecule has 1 saturated heterocycles. The van der Waals surface area contributed by atoms with E-state index >= 15 is 0 Å². The van der Waals surface area contributed by atoms with Crippen LogP contribution >= 0.6 is 0 Å². The molecule has 0 saturated carbocycles. The first-order valence-corrected chi connectivity index (χ1v) is 12.5. The van der Waals surface area contributed by atoms with Crippen molar-refractivity contribution in [3.8, 4) is 22.5 Å². The first kappa shape index (κ1) is 22.3. The number of hydrogen-bond acceptors (Lipinski definition) is 4. The summed E-state index contributed by atoms with van der Waals surface area (Å²) in [4.78, 5) is 15.9. The van der Waals surface area contributed by atoms with Crippen molar-refractivity contribution in [1.82, 2.24) is 4.90 Å². The van der Waals surface area contributed by atoms with Crippen molar-refractivity contribution in [1.29, 1.82) is 0 Å². The molecule has 0 bridgehead atoms. The number of benzene rings is 4. The number of anilines is 1. The van der Waals surface area contributed by atoms with E-state index in [-0.39, 0.29) is 0 Å². The topological polar surface area (TPSA) is 36.7 Å². The van der Waals surface area contributed by atoms with Crippen molar-refractivity contribution in [3.63, 3.8) is 0 Å². The molecule has 1 aromatic heterocycles. The lowest BCUT2D eigenvalue weighted by atomic mass is 9.97. The van der Waals surface area contributed by atoms with Gasteiger partial charge < -0.3 is 9.32 Å². The van der Waals surface area contributed by atoms with E-state index in [2.05, 4.69) is 70.5 Å². The van der Waals surface area contributed by atoms with Gasteiger partial charge in [0.2, 0.25) is 0 Å². The maximum Gasteiger partial charge on any atom is 0.150 e. The molecule has 1 aliphatic rings. The summed E-state index contributed by atoms with van der Waals surface area (Å²) in [6.45, 7) is 4.91. The van der Waals surface area contributed by atoms with E-state index in [0.29, 0.717) is 0 Å². The zero-order valence-corrected chi connectivity index (χ0v) is 20.1. The number of piperazine rings is 1. The van der Waals surface area contributed by atoms with E-state index < -0.39 is 0 Å². The Balaban J connectivity index is 1.15. The van der Waals surface area contributed by atoms with Gasteiger partial charge in [-0.15, -0.1) is 0 Å². The normalized spacial score (nSPS) is 14.3. The highest BCUT2D eigenvalue weighted by Gasteiger charge is 2.18. The molecule has 5 aromatic rings. The van der Waals surface area contributed by atoms with Gasteiger partial charge >= 0.3 is 0 Å². The third-order valence-electron chi connectivity index (χ3n) is 7.08. The molecule has 0 amide bonds. The monoisotopic (exact) mass is 472 g/mol. The molecule has 0 aliphatic carbocycles. The lowest BCUT2D eigenvalue weighted by molar-refractivity contribution is 0.112. The molecule has 6 rings (SSSR count). The van der Waals surface area contributed by atoms with Gasteiger partial charge in [-0.1, -0.05) is 66.7 Å². The molecular weight excluding hydrogens is 444 g/mol. The highest BCUT2D eigenvalue weighted by Crippen LogP contribution is 2.31. The van der Waals surface area contributed by atoms with Gasteiger partial charge in [0.25, 0.3) is 0 Å². The van der Waals surface area contributed by atoms with Crippen LogP contribution in [-0.4, -0.2) is 37.4 Å². The number of carbonyl (C=O) groups is 1. The summed E-state index contributed by atoms with van der Waals surface area (Å²) in [5, 5.41) is 1.12. The van der Waals surface area contributed by atoms with Gasteiger partial charge in [0.15, 0.2) is 0 Å². The van der Waals surface area contributed by atoms with Crippen LogP contribution in [0.3, 0.4) is 0 Å². The molecular formula is C32H28N2O2. The Kier molecular flexibility index (Phi) is 6.10. The van der Waals surface area contributed by atoms with Gasteiger partial charge in [0.1, 0.15) is 17.6 Å². The van der Waals surface area contributed by atoms with Crippen molar-refractivity contribution in [2.24, 2.45) is 0 Å². The van der Waals surface area contributed by atoms with Crippen LogP contribution in [0, 0.1) is 0 Å². The summed E-state index contributed by atoms with van der Waals surface area (Å²) < 4.78 is 6.05. The Morgan fingerprint density at radius 2 is 1.42 bits per heavy atom. The lowest BCUT2D eigenvalue weighted by Crippen LogP contribution is -2.46. The van der Waals surface area contributed by atoms with Crippen LogP contribution in [0.2, 0.25) is 0 Å². The van der Waals surface area contributed by atoms with Crippen molar-refractivity contribution >= 4 is 22.9 Å². The summed E-state index contributed by atoms with van der Waals surface area (Å²) in [6, 6.07) is 35.5. The van der Waals surface area contributed by atoms with Gasteiger partial charge in [-0.05, 0) is 53.1 Å².